The molecule has 0 aliphatic rings. The Labute approximate surface area is 194 Å². The van der Waals surface area contributed by atoms with Crippen LogP contribution in [-0.4, -0.2) is 11.6 Å². The topological polar surface area (TPSA) is 31.4 Å². The molecule has 0 radical (unpaired) electrons. The van der Waals surface area contributed by atoms with Crippen LogP contribution in [-0.2, 0) is 23.1 Å². The van der Waals surface area contributed by atoms with Gasteiger partial charge < -0.3 is 9.47 Å². The van der Waals surface area contributed by atoms with Gasteiger partial charge in [-0.15, -0.1) is 11.3 Å². The first-order valence-corrected chi connectivity index (χ1v) is 11.6. The highest BCUT2D eigenvalue weighted by atomic mass is 32.1. The molecule has 0 spiro atoms. The first-order valence-electron chi connectivity index (χ1n) is 10.7. The summed E-state index contributed by atoms with van der Waals surface area (Å²) >= 11 is 1.36. The lowest BCUT2D eigenvalue weighted by Gasteiger charge is -2.32. The number of thiazole rings is 1. The van der Waals surface area contributed by atoms with Crippen LogP contribution < -0.4 is 4.74 Å². The van der Waals surface area contributed by atoms with Crippen LogP contribution in [0.5, 0.6) is 5.75 Å². The highest BCUT2D eigenvalue weighted by Gasteiger charge is 2.39. The van der Waals surface area contributed by atoms with Crippen molar-refractivity contribution in [3.05, 3.63) is 93.9 Å². The van der Waals surface area contributed by atoms with E-state index >= 15 is 0 Å². The van der Waals surface area contributed by atoms with Gasteiger partial charge in [0.25, 0.3) is 0 Å². The zero-order valence-corrected chi connectivity index (χ0v) is 19.2. The van der Waals surface area contributed by atoms with Crippen LogP contribution in [0.4, 0.5) is 13.2 Å². The van der Waals surface area contributed by atoms with Gasteiger partial charge in [-0.3, -0.25) is 0 Å². The molecule has 0 amide bonds. The summed E-state index contributed by atoms with van der Waals surface area (Å²) < 4.78 is 53.3. The molecule has 3 aromatic carbocycles. The standard InChI is InChI=1S/C26H24F3NO2S/c1-3-25(32-4-2,24-30-11-12-33-24)21-14-22(26(27,28)29)16-23(15-21)31-17-18-9-10-19-7-5-6-8-20(19)13-18/h5-16H,3-4,17H2,1-2H3. The summed E-state index contributed by atoms with van der Waals surface area (Å²) in [5, 5.41) is 4.55. The van der Waals surface area contributed by atoms with E-state index in [1.165, 1.54) is 11.3 Å². The number of hydrogen-bond acceptors (Lipinski definition) is 4. The Morgan fingerprint density at radius 3 is 2.33 bits per heavy atom. The summed E-state index contributed by atoms with van der Waals surface area (Å²) in [4.78, 5) is 4.37. The van der Waals surface area contributed by atoms with Crippen LogP contribution in [0.2, 0.25) is 0 Å². The third-order valence-corrected chi connectivity index (χ3v) is 6.50. The predicted molar refractivity (Wildman–Crippen MR) is 125 cm³/mol. The van der Waals surface area contributed by atoms with Crippen LogP contribution in [0.15, 0.2) is 72.2 Å². The minimum Gasteiger partial charge on any atom is -0.489 e. The van der Waals surface area contributed by atoms with Gasteiger partial charge in [0.15, 0.2) is 0 Å². The largest absolute Gasteiger partial charge is 0.489 e. The second-order valence-corrected chi connectivity index (χ2v) is 8.56. The fourth-order valence-corrected chi connectivity index (χ4v) is 4.85. The molecule has 0 saturated heterocycles. The zero-order chi connectivity index (χ0) is 23.5. The SMILES string of the molecule is CCOC(CC)(c1cc(OCc2ccc3ccccc3c2)cc(C(F)(F)F)c1)c1nccs1. The summed E-state index contributed by atoms with van der Waals surface area (Å²) in [6, 6.07) is 17.6. The van der Waals surface area contributed by atoms with Crippen LogP contribution >= 0.6 is 11.3 Å². The van der Waals surface area contributed by atoms with E-state index in [1.54, 1.807) is 17.6 Å². The Balaban J connectivity index is 1.72. The van der Waals surface area contributed by atoms with Crippen LogP contribution in [0.3, 0.4) is 0 Å². The zero-order valence-electron chi connectivity index (χ0n) is 18.4. The molecule has 0 saturated carbocycles. The minimum absolute atomic E-state index is 0.141. The number of benzene rings is 3. The molecule has 0 fully saturated rings. The van der Waals surface area contributed by atoms with E-state index in [9.17, 15) is 13.2 Å². The van der Waals surface area contributed by atoms with E-state index in [1.807, 2.05) is 56.3 Å². The summed E-state index contributed by atoms with van der Waals surface area (Å²) in [5.74, 6) is 0.141. The number of fused-ring (bicyclic) bond motifs is 1. The van der Waals surface area contributed by atoms with Crippen LogP contribution in [0, 0.1) is 0 Å². The van der Waals surface area contributed by atoms with E-state index in [0.29, 0.717) is 23.6 Å². The maximum Gasteiger partial charge on any atom is 0.416 e. The summed E-state index contributed by atoms with van der Waals surface area (Å²) in [6.45, 7) is 4.18. The van der Waals surface area contributed by atoms with Gasteiger partial charge in [0, 0.05) is 18.2 Å². The third-order valence-electron chi connectivity index (χ3n) is 5.59. The average Bonchev–Trinajstić information content (AvgIpc) is 3.36. The number of aromatic nitrogens is 1. The third kappa shape index (κ3) is 4.89. The van der Waals surface area contributed by atoms with E-state index in [-0.39, 0.29) is 12.4 Å². The summed E-state index contributed by atoms with van der Waals surface area (Å²) in [5.41, 5.74) is -0.600. The van der Waals surface area contributed by atoms with Crippen molar-refractivity contribution in [2.24, 2.45) is 0 Å². The molecule has 1 aromatic heterocycles. The normalized spacial score (nSPS) is 13.7. The van der Waals surface area contributed by atoms with Gasteiger partial charge >= 0.3 is 6.18 Å². The van der Waals surface area contributed by atoms with E-state index in [0.717, 1.165) is 28.5 Å². The molecule has 7 heteroatoms. The molecule has 1 unspecified atom stereocenters. The number of hydrogen-bond donors (Lipinski definition) is 0. The second-order valence-electron chi connectivity index (χ2n) is 7.66. The van der Waals surface area contributed by atoms with Gasteiger partial charge in [0.2, 0.25) is 0 Å². The highest BCUT2D eigenvalue weighted by Crippen LogP contribution is 2.42. The molecule has 0 aliphatic carbocycles. The van der Waals surface area contributed by atoms with Gasteiger partial charge in [-0.2, -0.15) is 13.2 Å². The van der Waals surface area contributed by atoms with Gasteiger partial charge in [0.05, 0.1) is 5.56 Å². The van der Waals surface area contributed by atoms with Crippen molar-refractivity contribution in [1.29, 1.82) is 0 Å². The monoisotopic (exact) mass is 471 g/mol. The molecule has 3 nitrogen and oxygen atoms in total. The average molecular weight is 472 g/mol. The summed E-state index contributed by atoms with van der Waals surface area (Å²) in [6.07, 6.45) is -2.46. The smallest absolute Gasteiger partial charge is 0.416 e. The lowest BCUT2D eigenvalue weighted by atomic mass is 9.89. The molecule has 172 valence electrons. The van der Waals surface area contributed by atoms with Gasteiger partial charge in [-0.25, -0.2) is 4.98 Å². The molecule has 1 heterocycles. The van der Waals surface area contributed by atoms with Gasteiger partial charge in [0.1, 0.15) is 23.0 Å². The van der Waals surface area contributed by atoms with Crippen LogP contribution in [0.1, 0.15) is 42.0 Å². The Bertz CT molecular complexity index is 1220. The highest BCUT2D eigenvalue weighted by molar-refractivity contribution is 7.09. The van der Waals surface area contributed by atoms with E-state index in [2.05, 4.69) is 4.98 Å². The molecular weight excluding hydrogens is 447 g/mol. The van der Waals surface area contributed by atoms with Crippen molar-refractivity contribution in [1.82, 2.24) is 4.98 Å². The number of halogens is 3. The molecule has 0 aliphatic heterocycles. The number of nitrogens with zero attached hydrogens (tertiary/aromatic N) is 1. The van der Waals surface area contributed by atoms with Crippen molar-refractivity contribution >= 4 is 22.1 Å². The van der Waals surface area contributed by atoms with Gasteiger partial charge in [-0.05, 0) is 59.5 Å². The lowest BCUT2D eigenvalue weighted by Crippen LogP contribution is -2.31. The van der Waals surface area contributed by atoms with Crippen molar-refractivity contribution < 1.29 is 22.6 Å². The molecule has 1 atom stereocenters. The first-order chi connectivity index (χ1) is 15.9. The van der Waals surface area contributed by atoms with Crippen molar-refractivity contribution in [3.8, 4) is 5.75 Å². The fraction of sp³-hybridized carbons (Fsp3) is 0.269. The minimum atomic E-state index is -4.52. The van der Waals surface area contributed by atoms with E-state index in [4.69, 9.17) is 9.47 Å². The first kappa shape index (κ1) is 23.3. The number of ether oxygens (including phenoxy) is 2. The van der Waals surface area contributed by atoms with Crippen LogP contribution in [0.25, 0.3) is 10.8 Å². The Morgan fingerprint density at radius 2 is 1.67 bits per heavy atom. The van der Waals surface area contributed by atoms with Crippen molar-refractivity contribution in [3.63, 3.8) is 0 Å². The Hall–Kier alpha value is -2.90. The fourth-order valence-electron chi connectivity index (χ4n) is 3.97. The molecular formula is C26H24F3NO2S. The Morgan fingerprint density at radius 1 is 0.909 bits per heavy atom. The van der Waals surface area contributed by atoms with E-state index < -0.39 is 17.3 Å². The molecule has 4 aromatic rings. The molecule has 0 bridgehead atoms. The maximum atomic E-state index is 13.8. The number of rotatable bonds is 8. The van der Waals surface area contributed by atoms with Crippen molar-refractivity contribution in [2.75, 3.05) is 6.61 Å². The summed E-state index contributed by atoms with van der Waals surface area (Å²) in [7, 11) is 0. The quantitative estimate of drug-likeness (QED) is 0.265. The second kappa shape index (κ2) is 9.53. The number of alkyl halides is 3. The maximum absolute atomic E-state index is 13.8. The molecule has 4 rings (SSSR count). The Kier molecular flexibility index (Phi) is 6.72. The molecule has 0 N–H and O–H groups in total. The van der Waals surface area contributed by atoms with Crippen molar-refractivity contribution in [2.45, 2.75) is 38.7 Å². The van der Waals surface area contributed by atoms with Gasteiger partial charge in [-0.1, -0.05) is 43.3 Å². The predicted octanol–water partition coefficient (Wildman–Crippen LogP) is 7.58. The molecule has 33 heavy (non-hydrogen) atoms. The lowest BCUT2D eigenvalue weighted by molar-refractivity contribution is -0.137.